The fourth-order valence-electron chi connectivity index (χ4n) is 2.94. The van der Waals surface area contributed by atoms with E-state index in [0.717, 1.165) is 18.9 Å². The van der Waals surface area contributed by atoms with Crippen LogP contribution in [0.2, 0.25) is 0 Å². The minimum atomic E-state index is -0.189. The maximum absolute atomic E-state index is 10.7. The van der Waals surface area contributed by atoms with Gasteiger partial charge in [0.1, 0.15) is 0 Å². The lowest BCUT2D eigenvalue weighted by Crippen LogP contribution is -2.30. The number of nitrogens with two attached hydrogens (primary N) is 1. The predicted octanol–water partition coefficient (Wildman–Crippen LogP) is 2.84. The van der Waals surface area contributed by atoms with Gasteiger partial charge in [0.2, 0.25) is 5.91 Å². The summed E-state index contributed by atoms with van der Waals surface area (Å²) in [4.78, 5) is 10.7. The lowest BCUT2D eigenvalue weighted by Gasteiger charge is -2.29. The Morgan fingerprint density at radius 3 is 2.56 bits per heavy atom. The summed E-state index contributed by atoms with van der Waals surface area (Å²) < 4.78 is 0. The molecule has 3 heteroatoms. The normalized spacial score (nSPS) is 25.7. The average molecular weight is 254 g/mol. The van der Waals surface area contributed by atoms with E-state index in [4.69, 9.17) is 5.73 Å². The van der Waals surface area contributed by atoms with E-state index in [1.54, 1.807) is 0 Å². The monoisotopic (exact) mass is 254 g/mol. The first-order valence-corrected chi connectivity index (χ1v) is 7.41. The van der Waals surface area contributed by atoms with Crippen LogP contribution in [0.5, 0.6) is 0 Å². The van der Waals surface area contributed by atoms with Gasteiger partial charge in [-0.2, -0.15) is 0 Å². The molecular formula is C15H30N2O. The van der Waals surface area contributed by atoms with Gasteiger partial charge in [-0.1, -0.05) is 27.2 Å². The van der Waals surface area contributed by atoms with Crippen molar-refractivity contribution in [2.24, 2.45) is 17.1 Å². The van der Waals surface area contributed by atoms with Crippen molar-refractivity contribution in [3.05, 3.63) is 0 Å². The first kappa shape index (κ1) is 15.5. The molecule has 3 nitrogen and oxygen atoms in total. The molecule has 2 unspecified atom stereocenters. The lowest BCUT2D eigenvalue weighted by atomic mass is 9.76. The molecule has 3 N–H and O–H groups in total. The van der Waals surface area contributed by atoms with Crippen LogP contribution in [0.4, 0.5) is 0 Å². The molecule has 0 heterocycles. The van der Waals surface area contributed by atoms with Crippen molar-refractivity contribution >= 4 is 5.91 Å². The Labute approximate surface area is 112 Å². The Morgan fingerprint density at radius 2 is 1.94 bits per heavy atom. The van der Waals surface area contributed by atoms with Crippen LogP contribution in [0, 0.1) is 11.3 Å². The molecule has 1 aliphatic carbocycles. The number of amides is 1. The molecule has 0 spiro atoms. The van der Waals surface area contributed by atoms with Crippen molar-refractivity contribution in [3.8, 4) is 0 Å². The Kier molecular flexibility index (Phi) is 6.13. The molecule has 1 fully saturated rings. The Balaban J connectivity index is 2.23. The number of rotatable bonds is 5. The van der Waals surface area contributed by atoms with Crippen molar-refractivity contribution < 1.29 is 4.79 Å². The zero-order valence-electron chi connectivity index (χ0n) is 12.3. The van der Waals surface area contributed by atoms with Gasteiger partial charge in [-0.05, 0) is 50.0 Å². The lowest BCUT2D eigenvalue weighted by molar-refractivity contribution is -0.118. The summed E-state index contributed by atoms with van der Waals surface area (Å²) in [5, 5.41) is 3.58. The molecule has 0 aromatic heterocycles. The molecule has 0 aliphatic heterocycles. The summed E-state index contributed by atoms with van der Waals surface area (Å²) in [6, 6.07) is 0.644. The van der Waals surface area contributed by atoms with E-state index >= 15 is 0 Å². The minimum Gasteiger partial charge on any atom is -0.370 e. The van der Waals surface area contributed by atoms with Crippen molar-refractivity contribution in [2.45, 2.75) is 71.8 Å². The summed E-state index contributed by atoms with van der Waals surface area (Å²) in [6.45, 7) is 8.00. The largest absolute Gasteiger partial charge is 0.370 e. The van der Waals surface area contributed by atoms with E-state index in [-0.39, 0.29) is 5.91 Å². The van der Waals surface area contributed by atoms with Crippen LogP contribution >= 0.6 is 0 Å². The quantitative estimate of drug-likeness (QED) is 0.585. The van der Waals surface area contributed by atoms with E-state index in [1.807, 2.05) is 0 Å². The van der Waals surface area contributed by atoms with Crippen LogP contribution < -0.4 is 11.1 Å². The summed E-state index contributed by atoms with van der Waals surface area (Å²) in [5.41, 5.74) is 5.58. The summed E-state index contributed by atoms with van der Waals surface area (Å²) in [7, 11) is 0. The molecule has 0 aromatic rings. The van der Waals surface area contributed by atoms with Gasteiger partial charge in [0.15, 0.2) is 0 Å². The zero-order valence-corrected chi connectivity index (χ0v) is 12.3. The maximum Gasteiger partial charge on any atom is 0.217 e. The molecule has 1 rings (SSSR count). The summed E-state index contributed by atoms with van der Waals surface area (Å²) in [6.07, 6.45) is 7.95. The summed E-state index contributed by atoms with van der Waals surface area (Å²) >= 11 is 0. The number of hydrogen-bond donors (Lipinski definition) is 2. The second-order valence-electron chi connectivity index (χ2n) is 6.79. The molecule has 18 heavy (non-hydrogen) atoms. The van der Waals surface area contributed by atoms with Gasteiger partial charge in [0.25, 0.3) is 0 Å². The Morgan fingerprint density at radius 1 is 1.22 bits per heavy atom. The zero-order chi connectivity index (χ0) is 13.6. The first-order valence-electron chi connectivity index (χ1n) is 7.41. The third-order valence-electron chi connectivity index (χ3n) is 4.23. The molecule has 0 bridgehead atoms. The Bertz CT molecular complexity index is 258. The summed E-state index contributed by atoms with van der Waals surface area (Å²) in [5.74, 6) is 0.667. The highest BCUT2D eigenvalue weighted by Crippen LogP contribution is 2.36. The number of carbonyl (C=O) groups is 1. The van der Waals surface area contributed by atoms with Gasteiger partial charge >= 0.3 is 0 Å². The highest BCUT2D eigenvalue weighted by Gasteiger charge is 2.27. The highest BCUT2D eigenvalue weighted by molar-refractivity contribution is 5.73. The maximum atomic E-state index is 10.7. The van der Waals surface area contributed by atoms with E-state index in [0.29, 0.717) is 17.9 Å². The van der Waals surface area contributed by atoms with Gasteiger partial charge in [-0.15, -0.1) is 0 Å². The van der Waals surface area contributed by atoms with Crippen molar-refractivity contribution in [2.75, 3.05) is 6.54 Å². The molecule has 106 valence electrons. The third kappa shape index (κ3) is 5.85. The molecular weight excluding hydrogens is 224 g/mol. The molecule has 2 atom stereocenters. The van der Waals surface area contributed by atoms with E-state index in [2.05, 4.69) is 26.1 Å². The second kappa shape index (κ2) is 7.13. The first-order chi connectivity index (χ1) is 8.39. The Hall–Kier alpha value is -0.570. The molecule has 0 saturated heterocycles. The predicted molar refractivity (Wildman–Crippen MR) is 76.2 cm³/mol. The van der Waals surface area contributed by atoms with Gasteiger partial charge < -0.3 is 11.1 Å². The van der Waals surface area contributed by atoms with Gasteiger partial charge in [-0.25, -0.2) is 0 Å². The van der Waals surface area contributed by atoms with Crippen molar-refractivity contribution in [1.82, 2.24) is 5.32 Å². The molecule has 1 amide bonds. The van der Waals surface area contributed by atoms with E-state index in [9.17, 15) is 4.79 Å². The topological polar surface area (TPSA) is 55.1 Å². The van der Waals surface area contributed by atoms with Crippen molar-refractivity contribution in [3.63, 3.8) is 0 Å². The molecule has 1 saturated carbocycles. The van der Waals surface area contributed by atoms with Crippen LogP contribution in [-0.2, 0) is 4.79 Å². The van der Waals surface area contributed by atoms with E-state index < -0.39 is 0 Å². The van der Waals surface area contributed by atoms with Gasteiger partial charge in [-0.3, -0.25) is 4.79 Å². The van der Waals surface area contributed by atoms with E-state index in [1.165, 1.54) is 32.1 Å². The minimum absolute atomic E-state index is 0.189. The fraction of sp³-hybridized carbons (Fsp3) is 0.933. The van der Waals surface area contributed by atoms with Gasteiger partial charge in [0, 0.05) is 12.5 Å². The number of hydrogen-bond acceptors (Lipinski definition) is 2. The van der Waals surface area contributed by atoms with Crippen LogP contribution in [0.15, 0.2) is 0 Å². The standard InChI is InChI=1S/C15H30N2O/c1-15(2,3)12-6-4-7-13(10-9-12)17-11-5-8-14(16)18/h12-13,17H,4-11H2,1-3H3,(H2,16,18). The van der Waals surface area contributed by atoms with Crippen LogP contribution in [0.25, 0.3) is 0 Å². The number of primary amides is 1. The fourth-order valence-corrected chi connectivity index (χ4v) is 2.94. The van der Waals surface area contributed by atoms with Crippen LogP contribution in [-0.4, -0.2) is 18.5 Å². The van der Waals surface area contributed by atoms with Crippen molar-refractivity contribution in [1.29, 1.82) is 0 Å². The SMILES string of the molecule is CC(C)(C)C1CCCC(NCCCC(N)=O)CC1. The number of nitrogens with one attached hydrogen (secondary N) is 1. The molecule has 1 aliphatic rings. The molecule has 0 radical (unpaired) electrons. The molecule has 0 aromatic carbocycles. The van der Waals surface area contributed by atoms with Crippen LogP contribution in [0.1, 0.15) is 65.7 Å². The highest BCUT2D eigenvalue weighted by atomic mass is 16.1. The number of carbonyl (C=O) groups excluding carboxylic acids is 1. The smallest absolute Gasteiger partial charge is 0.217 e. The average Bonchev–Trinajstić information content (AvgIpc) is 2.48. The third-order valence-corrected chi connectivity index (χ3v) is 4.23. The van der Waals surface area contributed by atoms with Crippen LogP contribution in [0.3, 0.4) is 0 Å². The van der Waals surface area contributed by atoms with Gasteiger partial charge in [0.05, 0.1) is 0 Å². The second-order valence-corrected chi connectivity index (χ2v) is 6.79.